The summed E-state index contributed by atoms with van der Waals surface area (Å²) >= 11 is 3.08. The molecule has 2 heterocycles. The first kappa shape index (κ1) is 18.4. The number of carbonyl (C=O) groups excluding carboxylic acids is 1. The third-order valence-corrected chi connectivity index (χ3v) is 5.28. The number of guanidine groups is 1. The first-order valence-electron chi connectivity index (χ1n) is 7.85. The largest absolute Gasteiger partial charge is 0.357 e. The zero-order valence-corrected chi connectivity index (χ0v) is 15.8. The Morgan fingerprint density at radius 3 is 2.62 bits per heavy atom. The molecule has 2 aromatic rings. The minimum atomic E-state index is -0.0760. The third kappa shape index (κ3) is 5.31. The monoisotopic (exact) mass is 365 g/mol. The van der Waals surface area contributed by atoms with E-state index in [1.165, 1.54) is 21.8 Å². The normalized spacial score (nSPS) is 11.4. The lowest BCUT2D eigenvalue weighted by atomic mass is 10.3. The van der Waals surface area contributed by atoms with Crippen LogP contribution in [0.15, 0.2) is 21.9 Å². The number of nitrogens with zero attached hydrogens (tertiary/aromatic N) is 2. The predicted octanol–water partition coefficient (Wildman–Crippen LogP) is 2.31. The van der Waals surface area contributed by atoms with Gasteiger partial charge in [0.1, 0.15) is 4.88 Å². The van der Waals surface area contributed by atoms with Crippen LogP contribution in [0.1, 0.15) is 32.7 Å². The molecule has 8 heteroatoms. The summed E-state index contributed by atoms with van der Waals surface area (Å²) in [4.78, 5) is 22.6. The van der Waals surface area contributed by atoms with Gasteiger partial charge in [-0.25, -0.2) is 9.98 Å². The maximum absolute atomic E-state index is 12.0. The predicted molar refractivity (Wildman–Crippen MR) is 101 cm³/mol. The van der Waals surface area contributed by atoms with Crippen LogP contribution >= 0.6 is 22.7 Å². The number of nitrogens with one attached hydrogen (secondary N) is 3. The van der Waals surface area contributed by atoms with E-state index in [0.717, 1.165) is 18.2 Å². The van der Waals surface area contributed by atoms with Crippen molar-refractivity contribution in [3.8, 4) is 0 Å². The van der Waals surface area contributed by atoms with Crippen LogP contribution in [0.25, 0.3) is 0 Å². The van der Waals surface area contributed by atoms with E-state index in [0.29, 0.717) is 24.5 Å². The highest BCUT2D eigenvalue weighted by molar-refractivity contribution is 7.11. The van der Waals surface area contributed by atoms with Gasteiger partial charge in [-0.15, -0.1) is 22.7 Å². The molecule has 2 aromatic heterocycles. The first-order valence-corrected chi connectivity index (χ1v) is 9.61. The van der Waals surface area contributed by atoms with Gasteiger partial charge in [-0.05, 0) is 37.8 Å². The van der Waals surface area contributed by atoms with Crippen LogP contribution in [-0.2, 0) is 6.54 Å². The van der Waals surface area contributed by atoms with Gasteiger partial charge in [0.15, 0.2) is 5.96 Å². The number of thiophene rings is 1. The number of hydrogen-bond acceptors (Lipinski definition) is 5. The molecule has 0 atom stereocenters. The number of thiazole rings is 1. The average molecular weight is 366 g/mol. The third-order valence-electron chi connectivity index (χ3n) is 3.35. The van der Waals surface area contributed by atoms with Crippen LogP contribution in [0.2, 0.25) is 0 Å². The lowest BCUT2D eigenvalue weighted by molar-refractivity contribution is 0.0957. The molecule has 0 aliphatic heterocycles. The molecule has 0 spiro atoms. The number of aryl methyl sites for hydroxylation is 2. The molecule has 3 N–H and O–H groups in total. The standard InChI is InChI=1S/C16H23N5OS2/c1-4-17-16(20-9-13-11(2)5-8-23-13)19-7-6-18-15(22)14-12(3)21-10-24-14/h5,8,10H,4,6-7,9H2,1-3H3,(H,18,22)(H2,17,19,20). The Kier molecular flexibility index (Phi) is 7.20. The van der Waals surface area contributed by atoms with E-state index in [1.54, 1.807) is 16.8 Å². The summed E-state index contributed by atoms with van der Waals surface area (Å²) in [5.41, 5.74) is 3.73. The Hall–Kier alpha value is -1.93. The number of hydrogen-bond donors (Lipinski definition) is 3. The molecule has 0 bridgehead atoms. The maximum Gasteiger partial charge on any atom is 0.263 e. The molecule has 0 saturated carbocycles. The zero-order valence-electron chi connectivity index (χ0n) is 14.2. The van der Waals surface area contributed by atoms with Crippen LogP contribution in [0.4, 0.5) is 0 Å². The van der Waals surface area contributed by atoms with Crippen molar-refractivity contribution >= 4 is 34.5 Å². The molecule has 0 fully saturated rings. The van der Waals surface area contributed by atoms with Gasteiger partial charge in [0.05, 0.1) is 17.7 Å². The number of aromatic nitrogens is 1. The topological polar surface area (TPSA) is 78.4 Å². The van der Waals surface area contributed by atoms with Crippen LogP contribution in [0, 0.1) is 13.8 Å². The maximum atomic E-state index is 12.0. The fourth-order valence-electron chi connectivity index (χ4n) is 2.02. The van der Waals surface area contributed by atoms with E-state index < -0.39 is 0 Å². The molecule has 2 rings (SSSR count). The lowest BCUT2D eigenvalue weighted by Gasteiger charge is -2.11. The molecule has 24 heavy (non-hydrogen) atoms. The number of aliphatic imine (C=N–C) groups is 1. The van der Waals surface area contributed by atoms with Crippen LogP contribution in [0.3, 0.4) is 0 Å². The van der Waals surface area contributed by atoms with Crippen molar-refractivity contribution < 1.29 is 4.79 Å². The Morgan fingerprint density at radius 2 is 2.00 bits per heavy atom. The van der Waals surface area contributed by atoms with Gasteiger partial charge in [0.25, 0.3) is 5.91 Å². The number of carbonyl (C=O) groups is 1. The van der Waals surface area contributed by atoms with E-state index in [4.69, 9.17) is 0 Å². The van der Waals surface area contributed by atoms with Gasteiger partial charge >= 0.3 is 0 Å². The molecular formula is C16H23N5OS2. The summed E-state index contributed by atoms with van der Waals surface area (Å²) in [6, 6.07) is 2.10. The number of amides is 1. The highest BCUT2D eigenvalue weighted by Crippen LogP contribution is 2.16. The fraction of sp³-hybridized carbons (Fsp3) is 0.438. The van der Waals surface area contributed by atoms with Crippen LogP contribution < -0.4 is 16.0 Å². The summed E-state index contributed by atoms with van der Waals surface area (Å²) in [5.74, 6) is 0.682. The van der Waals surface area contributed by atoms with Crippen molar-refractivity contribution in [1.29, 1.82) is 0 Å². The fourth-order valence-corrected chi connectivity index (χ4v) is 3.56. The van der Waals surface area contributed by atoms with Gasteiger partial charge < -0.3 is 16.0 Å². The van der Waals surface area contributed by atoms with E-state index in [-0.39, 0.29) is 5.91 Å². The first-order chi connectivity index (χ1) is 11.6. The SMILES string of the molecule is CCNC(=NCc1sccc1C)NCCNC(=O)c1scnc1C. The van der Waals surface area contributed by atoms with Crippen molar-refractivity contribution in [1.82, 2.24) is 20.9 Å². The van der Waals surface area contributed by atoms with Crippen LogP contribution in [0.5, 0.6) is 0 Å². The minimum Gasteiger partial charge on any atom is -0.357 e. The molecule has 0 unspecified atom stereocenters. The van der Waals surface area contributed by atoms with Gasteiger partial charge in [0, 0.05) is 24.5 Å². The summed E-state index contributed by atoms with van der Waals surface area (Å²) in [6.45, 7) is 8.55. The molecule has 6 nitrogen and oxygen atoms in total. The Bertz CT molecular complexity index is 692. The molecule has 130 valence electrons. The molecule has 0 radical (unpaired) electrons. The van der Waals surface area contributed by atoms with E-state index in [2.05, 4.69) is 44.3 Å². The van der Waals surface area contributed by atoms with Gasteiger partial charge in [-0.2, -0.15) is 0 Å². The molecule has 1 amide bonds. The Labute approximate surface area is 150 Å². The molecular weight excluding hydrogens is 342 g/mol. The zero-order chi connectivity index (χ0) is 17.4. The summed E-state index contributed by atoms with van der Waals surface area (Å²) in [5, 5.41) is 11.4. The minimum absolute atomic E-state index is 0.0760. The van der Waals surface area contributed by atoms with Crippen molar-refractivity contribution in [2.75, 3.05) is 19.6 Å². The summed E-state index contributed by atoms with van der Waals surface area (Å²) < 4.78 is 0. The second-order valence-electron chi connectivity index (χ2n) is 5.17. The van der Waals surface area contributed by atoms with Crippen molar-refractivity contribution in [3.63, 3.8) is 0 Å². The van der Waals surface area contributed by atoms with Gasteiger partial charge in [-0.1, -0.05) is 0 Å². The highest BCUT2D eigenvalue weighted by Gasteiger charge is 2.10. The van der Waals surface area contributed by atoms with E-state index in [1.807, 2.05) is 13.8 Å². The summed E-state index contributed by atoms with van der Waals surface area (Å²) in [7, 11) is 0. The second-order valence-corrected chi connectivity index (χ2v) is 7.03. The Balaban J connectivity index is 1.78. The Morgan fingerprint density at radius 1 is 1.21 bits per heavy atom. The van der Waals surface area contributed by atoms with Gasteiger partial charge in [-0.3, -0.25) is 4.79 Å². The molecule has 0 aromatic carbocycles. The second kappa shape index (κ2) is 9.39. The highest BCUT2D eigenvalue weighted by atomic mass is 32.1. The summed E-state index contributed by atoms with van der Waals surface area (Å²) in [6.07, 6.45) is 0. The van der Waals surface area contributed by atoms with Crippen molar-refractivity contribution in [3.05, 3.63) is 38.0 Å². The van der Waals surface area contributed by atoms with E-state index >= 15 is 0 Å². The van der Waals surface area contributed by atoms with E-state index in [9.17, 15) is 4.79 Å². The smallest absolute Gasteiger partial charge is 0.263 e. The number of rotatable bonds is 7. The average Bonchev–Trinajstić information content (AvgIpc) is 3.17. The molecule has 0 aliphatic carbocycles. The van der Waals surface area contributed by atoms with Crippen molar-refractivity contribution in [2.45, 2.75) is 27.3 Å². The lowest BCUT2D eigenvalue weighted by Crippen LogP contribution is -2.41. The van der Waals surface area contributed by atoms with Crippen LogP contribution in [-0.4, -0.2) is 36.5 Å². The quantitative estimate of drug-likeness (QED) is 0.400. The van der Waals surface area contributed by atoms with Crippen molar-refractivity contribution in [2.24, 2.45) is 4.99 Å². The molecule has 0 saturated heterocycles. The van der Waals surface area contributed by atoms with Gasteiger partial charge in [0.2, 0.25) is 0 Å². The molecule has 0 aliphatic rings.